The molecule has 0 saturated carbocycles. The number of carboxylic acid groups (broad SMARTS) is 1. The predicted octanol–water partition coefficient (Wildman–Crippen LogP) is 6.60. The third-order valence-corrected chi connectivity index (χ3v) is 6.74. The number of nitrogens with one attached hydrogen (secondary N) is 1. The normalized spacial score (nSPS) is 14.1. The molecule has 0 bridgehead atoms. The molecule has 8 heteroatoms. The lowest BCUT2D eigenvalue weighted by Gasteiger charge is -2.26. The molecule has 36 heavy (non-hydrogen) atoms. The van der Waals surface area contributed by atoms with Crippen LogP contribution in [0.4, 0.5) is 4.39 Å². The number of carboxylic acids is 1. The molecule has 0 aliphatic carbocycles. The van der Waals surface area contributed by atoms with Gasteiger partial charge in [0.1, 0.15) is 5.82 Å². The number of ether oxygens (including phenoxy) is 1. The highest BCUT2D eigenvalue weighted by Crippen LogP contribution is 2.42. The van der Waals surface area contributed by atoms with Gasteiger partial charge < -0.3 is 9.84 Å². The summed E-state index contributed by atoms with van der Waals surface area (Å²) in [7, 11) is 0. The van der Waals surface area contributed by atoms with Crippen LogP contribution >= 0.6 is 12.4 Å². The van der Waals surface area contributed by atoms with Gasteiger partial charge in [-0.15, -0.1) is 12.4 Å². The maximum Gasteiger partial charge on any atom is 0.335 e. The molecule has 1 aliphatic rings. The Kier molecular flexibility index (Phi) is 6.43. The molecule has 6 rings (SSSR count). The van der Waals surface area contributed by atoms with Crippen molar-refractivity contribution < 1.29 is 19.0 Å². The number of nitrogens with zero attached hydrogens (tertiary/aromatic N) is 2. The summed E-state index contributed by atoms with van der Waals surface area (Å²) < 4.78 is 19.4. The summed E-state index contributed by atoms with van der Waals surface area (Å²) >= 11 is 0. The first-order valence-electron chi connectivity index (χ1n) is 11.6. The highest BCUT2D eigenvalue weighted by Gasteiger charge is 2.25. The van der Waals surface area contributed by atoms with Crippen molar-refractivity contribution in [2.45, 2.75) is 18.8 Å². The third kappa shape index (κ3) is 4.21. The zero-order chi connectivity index (χ0) is 23.9. The first kappa shape index (κ1) is 23.9. The van der Waals surface area contributed by atoms with E-state index in [4.69, 9.17) is 9.72 Å². The van der Waals surface area contributed by atoms with Crippen molar-refractivity contribution in [3.8, 4) is 22.4 Å². The minimum Gasteiger partial charge on any atom is -0.478 e. The first-order valence-corrected chi connectivity index (χ1v) is 11.6. The smallest absolute Gasteiger partial charge is 0.335 e. The maximum absolute atomic E-state index is 13.8. The molecule has 1 aliphatic heterocycles. The molecule has 0 spiro atoms. The van der Waals surface area contributed by atoms with Crippen LogP contribution in [0.3, 0.4) is 0 Å². The van der Waals surface area contributed by atoms with Gasteiger partial charge in [0.25, 0.3) is 0 Å². The van der Waals surface area contributed by atoms with Crippen molar-refractivity contribution in [1.82, 2.24) is 15.2 Å². The summed E-state index contributed by atoms with van der Waals surface area (Å²) in [4.78, 5) is 16.6. The summed E-state index contributed by atoms with van der Waals surface area (Å²) in [6, 6.07) is 17.5. The van der Waals surface area contributed by atoms with Crippen molar-refractivity contribution >= 4 is 40.1 Å². The van der Waals surface area contributed by atoms with Crippen molar-refractivity contribution in [2.24, 2.45) is 0 Å². The van der Waals surface area contributed by atoms with Gasteiger partial charge >= 0.3 is 5.97 Å². The van der Waals surface area contributed by atoms with Gasteiger partial charge in [-0.2, -0.15) is 5.10 Å². The van der Waals surface area contributed by atoms with Gasteiger partial charge in [-0.1, -0.05) is 24.3 Å². The van der Waals surface area contributed by atoms with E-state index >= 15 is 0 Å². The van der Waals surface area contributed by atoms with Crippen LogP contribution in [-0.4, -0.2) is 39.5 Å². The number of fused-ring (bicyclic) bond motifs is 2. The summed E-state index contributed by atoms with van der Waals surface area (Å²) in [5, 5.41) is 19.5. The van der Waals surface area contributed by atoms with Gasteiger partial charge in [-0.05, 0) is 60.2 Å². The molecular weight excluding hydrogens is 481 g/mol. The summed E-state index contributed by atoms with van der Waals surface area (Å²) in [5.41, 5.74) is 5.56. The SMILES string of the molecule is Cl.O=C(O)c1ccc(-c2nc(C3CCOCC3)c(-c3ccc(F)cc3)c3cc4cn[nH]c4cc23)cc1. The number of rotatable bonds is 4. The van der Waals surface area contributed by atoms with E-state index < -0.39 is 5.97 Å². The van der Waals surface area contributed by atoms with Gasteiger partial charge in [0.15, 0.2) is 0 Å². The van der Waals surface area contributed by atoms with E-state index in [9.17, 15) is 14.3 Å². The minimum absolute atomic E-state index is 0. The van der Waals surface area contributed by atoms with Gasteiger partial charge in [-0.25, -0.2) is 9.18 Å². The van der Waals surface area contributed by atoms with E-state index in [0.717, 1.165) is 62.6 Å². The first-order chi connectivity index (χ1) is 17.1. The number of aromatic nitrogens is 3. The van der Waals surface area contributed by atoms with Crippen molar-refractivity contribution in [2.75, 3.05) is 13.2 Å². The zero-order valence-corrected chi connectivity index (χ0v) is 20.0. The summed E-state index contributed by atoms with van der Waals surface area (Å²) in [6.07, 6.45) is 3.48. The van der Waals surface area contributed by atoms with E-state index in [2.05, 4.69) is 16.3 Å². The lowest BCUT2D eigenvalue weighted by atomic mass is 9.86. The van der Waals surface area contributed by atoms with E-state index in [1.807, 2.05) is 6.07 Å². The van der Waals surface area contributed by atoms with Crippen LogP contribution in [0, 0.1) is 5.82 Å². The Morgan fingerprint density at radius 3 is 2.36 bits per heavy atom. The molecule has 0 atom stereocenters. The van der Waals surface area contributed by atoms with Crippen LogP contribution in [0.1, 0.15) is 34.8 Å². The quantitative estimate of drug-likeness (QED) is 0.288. The number of carbonyl (C=O) groups is 1. The van der Waals surface area contributed by atoms with Gasteiger partial charge in [0.2, 0.25) is 0 Å². The van der Waals surface area contributed by atoms with Crippen LogP contribution in [0.5, 0.6) is 0 Å². The molecular formula is C28H23ClFN3O3. The van der Waals surface area contributed by atoms with E-state index in [1.165, 1.54) is 12.1 Å². The topological polar surface area (TPSA) is 88.1 Å². The number of H-pyrrole nitrogens is 1. The molecule has 6 nitrogen and oxygen atoms in total. The third-order valence-electron chi connectivity index (χ3n) is 6.74. The fraction of sp³-hybridized carbons (Fsp3) is 0.179. The second-order valence-corrected chi connectivity index (χ2v) is 8.85. The van der Waals surface area contributed by atoms with Gasteiger partial charge in [0, 0.05) is 41.0 Å². The van der Waals surface area contributed by atoms with Crippen LogP contribution in [0.15, 0.2) is 66.9 Å². The molecule has 2 N–H and O–H groups in total. The van der Waals surface area contributed by atoms with E-state index in [0.29, 0.717) is 13.2 Å². The second-order valence-electron chi connectivity index (χ2n) is 8.85. The number of aromatic carboxylic acids is 1. The van der Waals surface area contributed by atoms with Crippen LogP contribution in [-0.2, 0) is 4.74 Å². The number of aromatic amines is 1. The van der Waals surface area contributed by atoms with E-state index in [1.54, 1.807) is 42.6 Å². The molecule has 5 aromatic rings. The molecule has 1 saturated heterocycles. The predicted molar refractivity (Wildman–Crippen MR) is 139 cm³/mol. The summed E-state index contributed by atoms with van der Waals surface area (Å²) in [6.45, 7) is 1.33. The minimum atomic E-state index is -0.969. The average Bonchev–Trinajstić information content (AvgIpc) is 3.35. The Bertz CT molecular complexity index is 1560. The highest BCUT2D eigenvalue weighted by molar-refractivity contribution is 6.09. The zero-order valence-electron chi connectivity index (χ0n) is 19.2. The Morgan fingerprint density at radius 2 is 1.67 bits per heavy atom. The van der Waals surface area contributed by atoms with Crippen molar-refractivity contribution in [3.63, 3.8) is 0 Å². The molecule has 3 heterocycles. The number of hydrogen-bond donors (Lipinski definition) is 2. The van der Waals surface area contributed by atoms with Gasteiger partial charge in [-0.3, -0.25) is 10.1 Å². The number of hydrogen-bond acceptors (Lipinski definition) is 4. The molecule has 2 aromatic heterocycles. The average molecular weight is 504 g/mol. The molecule has 3 aromatic carbocycles. The lowest BCUT2D eigenvalue weighted by Crippen LogP contribution is -2.16. The Hall–Kier alpha value is -3.81. The fourth-order valence-electron chi connectivity index (χ4n) is 4.95. The maximum atomic E-state index is 13.8. The van der Waals surface area contributed by atoms with Gasteiger partial charge in [0.05, 0.1) is 28.7 Å². The number of benzene rings is 3. The van der Waals surface area contributed by atoms with Crippen molar-refractivity contribution in [1.29, 1.82) is 0 Å². The summed E-state index contributed by atoms with van der Waals surface area (Å²) in [5.74, 6) is -1.07. The Morgan fingerprint density at radius 1 is 0.972 bits per heavy atom. The molecule has 0 amide bonds. The number of pyridine rings is 1. The van der Waals surface area contributed by atoms with Crippen LogP contribution in [0.2, 0.25) is 0 Å². The van der Waals surface area contributed by atoms with E-state index in [-0.39, 0.29) is 29.7 Å². The van der Waals surface area contributed by atoms with Crippen molar-refractivity contribution in [3.05, 3.63) is 83.9 Å². The fourth-order valence-corrected chi connectivity index (χ4v) is 4.95. The largest absolute Gasteiger partial charge is 0.478 e. The van der Waals surface area contributed by atoms with Crippen LogP contribution < -0.4 is 0 Å². The molecule has 182 valence electrons. The number of halogens is 2. The van der Waals surface area contributed by atoms with Crippen LogP contribution in [0.25, 0.3) is 44.1 Å². The molecule has 1 fully saturated rings. The molecule has 0 radical (unpaired) electrons. The second kappa shape index (κ2) is 9.68. The Labute approximate surface area is 212 Å². The highest BCUT2D eigenvalue weighted by atomic mass is 35.5. The lowest BCUT2D eigenvalue weighted by molar-refractivity contribution is 0.0697. The molecule has 0 unspecified atom stereocenters. The monoisotopic (exact) mass is 503 g/mol. The Balaban J connectivity index is 0.00000267. The standard InChI is InChI=1S/C28H22FN3O3.ClH/c29-21-7-5-16(6-8-21)25-22-13-20-15-30-32-24(20)14-23(22)26(17-1-3-19(4-2-17)28(33)34)31-27(25)18-9-11-35-12-10-18;/h1-8,13-15,18H,9-12H2,(H,30,32)(H,33,34);1H.